The molecule has 2 heterocycles. The van der Waals surface area contributed by atoms with Gasteiger partial charge in [0, 0.05) is 31.0 Å². The molecule has 1 aromatic rings. The van der Waals surface area contributed by atoms with E-state index in [0.29, 0.717) is 23.8 Å². The summed E-state index contributed by atoms with van der Waals surface area (Å²) in [5, 5.41) is 7.53. The smallest absolute Gasteiger partial charge is 0.226 e. The number of carbonyl (C=O) groups is 1. The summed E-state index contributed by atoms with van der Waals surface area (Å²) in [7, 11) is 0. The molecule has 5 atom stereocenters. The van der Waals surface area contributed by atoms with Gasteiger partial charge in [-0.05, 0) is 80.8 Å². The molecule has 5 aliphatic rings. The zero-order chi connectivity index (χ0) is 16.7. The highest BCUT2D eigenvalue weighted by Crippen LogP contribution is 2.69. The quantitative estimate of drug-likeness (QED) is 0.844. The van der Waals surface area contributed by atoms with E-state index >= 15 is 0 Å². The summed E-state index contributed by atoms with van der Waals surface area (Å²) in [5.41, 5.74) is 0. The van der Waals surface area contributed by atoms with Crippen molar-refractivity contribution in [3.8, 4) is 0 Å². The lowest BCUT2D eigenvalue weighted by Crippen LogP contribution is -2.40. The molecular weight excluding hydrogens is 332 g/mol. The molecular formula is C19H26N4OS. The average molecular weight is 359 g/mol. The molecule has 0 spiro atoms. The molecule has 5 fully saturated rings. The monoisotopic (exact) mass is 358 g/mol. The summed E-state index contributed by atoms with van der Waals surface area (Å²) in [4.78, 5) is 15.2. The van der Waals surface area contributed by atoms with Crippen LogP contribution in [0.1, 0.15) is 62.7 Å². The van der Waals surface area contributed by atoms with Gasteiger partial charge in [-0.25, -0.2) is 0 Å². The van der Waals surface area contributed by atoms with Crippen LogP contribution in [-0.4, -0.2) is 38.7 Å². The van der Waals surface area contributed by atoms with Gasteiger partial charge in [-0.3, -0.25) is 9.89 Å². The van der Waals surface area contributed by atoms with Crippen LogP contribution in [0.5, 0.6) is 0 Å². The molecule has 1 unspecified atom stereocenters. The first-order valence-corrected chi connectivity index (χ1v) is 10.6. The minimum absolute atomic E-state index is 0.392. The fraction of sp³-hybridized carbons (Fsp3) is 0.842. The number of likely N-dealkylation sites (tertiary alicyclic amines) is 1. The van der Waals surface area contributed by atoms with Crippen molar-refractivity contribution < 1.29 is 4.79 Å². The Balaban J connectivity index is 1.13. The number of aromatic nitrogens is 3. The first-order chi connectivity index (χ1) is 12.2. The lowest BCUT2D eigenvalue weighted by molar-refractivity contribution is -0.134. The topological polar surface area (TPSA) is 53.9 Å². The Morgan fingerprint density at radius 2 is 1.72 bits per heavy atom. The Morgan fingerprint density at radius 1 is 1.04 bits per heavy atom. The van der Waals surface area contributed by atoms with E-state index in [1.165, 1.54) is 32.1 Å². The summed E-state index contributed by atoms with van der Waals surface area (Å²) < 4.78 is 3.03. The average Bonchev–Trinajstić information content (AvgIpc) is 3.50. The molecule has 1 aliphatic heterocycles. The summed E-state index contributed by atoms with van der Waals surface area (Å²) in [6.07, 6.45) is 8.73. The maximum atomic E-state index is 13.0. The Kier molecular flexibility index (Phi) is 3.10. The molecule has 4 saturated carbocycles. The van der Waals surface area contributed by atoms with Crippen LogP contribution in [-0.2, 0) is 4.79 Å². The number of nitrogens with one attached hydrogen (secondary N) is 1. The van der Waals surface area contributed by atoms with E-state index in [0.717, 1.165) is 60.2 Å². The Labute approximate surface area is 153 Å². The van der Waals surface area contributed by atoms with E-state index in [1.807, 2.05) is 0 Å². The van der Waals surface area contributed by atoms with Crippen molar-refractivity contribution in [3.63, 3.8) is 0 Å². The van der Waals surface area contributed by atoms with Crippen molar-refractivity contribution in [1.82, 2.24) is 19.7 Å². The minimum atomic E-state index is 0.392. The van der Waals surface area contributed by atoms with Gasteiger partial charge in [0.05, 0.1) is 0 Å². The van der Waals surface area contributed by atoms with Gasteiger partial charge < -0.3 is 9.47 Å². The van der Waals surface area contributed by atoms with Crippen molar-refractivity contribution in [3.05, 3.63) is 10.6 Å². The van der Waals surface area contributed by atoms with Crippen LogP contribution in [0.3, 0.4) is 0 Å². The molecule has 1 N–H and O–H groups in total. The first-order valence-electron chi connectivity index (χ1n) is 10.2. The van der Waals surface area contributed by atoms with Gasteiger partial charge in [-0.15, -0.1) is 0 Å². The third-order valence-corrected chi connectivity index (χ3v) is 8.12. The highest BCUT2D eigenvalue weighted by molar-refractivity contribution is 7.71. The fourth-order valence-corrected chi connectivity index (χ4v) is 6.80. The number of aromatic amines is 1. The molecule has 6 rings (SSSR count). The molecule has 1 amide bonds. The van der Waals surface area contributed by atoms with Gasteiger partial charge >= 0.3 is 0 Å². The molecule has 134 valence electrons. The number of rotatable bonds is 3. The maximum Gasteiger partial charge on any atom is 0.226 e. The lowest BCUT2D eigenvalue weighted by Gasteiger charge is -2.32. The Bertz CT molecular complexity index is 757. The van der Waals surface area contributed by atoms with E-state index in [-0.39, 0.29) is 0 Å². The fourth-order valence-electron chi connectivity index (χ4n) is 6.51. The molecule has 5 nitrogen and oxygen atoms in total. The van der Waals surface area contributed by atoms with Crippen molar-refractivity contribution in [2.24, 2.45) is 29.6 Å². The lowest BCUT2D eigenvalue weighted by atomic mass is 9.94. The number of nitrogens with zero attached hydrogens (tertiary/aromatic N) is 3. The number of hydrogen-bond donors (Lipinski definition) is 1. The van der Waals surface area contributed by atoms with E-state index in [2.05, 4.69) is 19.7 Å². The summed E-state index contributed by atoms with van der Waals surface area (Å²) in [5.74, 6) is 5.75. The summed E-state index contributed by atoms with van der Waals surface area (Å²) in [6, 6.07) is 0.572. The summed E-state index contributed by atoms with van der Waals surface area (Å²) in [6.45, 7) is 1.80. The van der Waals surface area contributed by atoms with Crippen molar-refractivity contribution in [2.45, 2.75) is 56.9 Å². The third kappa shape index (κ3) is 2.15. The number of H-pyrrole nitrogens is 1. The van der Waals surface area contributed by atoms with Crippen LogP contribution in [0.4, 0.5) is 0 Å². The Hall–Kier alpha value is -1.17. The summed E-state index contributed by atoms with van der Waals surface area (Å²) >= 11 is 5.42. The van der Waals surface area contributed by atoms with Gasteiger partial charge in [-0.1, -0.05) is 0 Å². The molecule has 25 heavy (non-hydrogen) atoms. The normalized spacial score (nSPS) is 39.7. The highest BCUT2D eigenvalue weighted by atomic mass is 32.1. The molecule has 0 aromatic carbocycles. The SMILES string of the molecule is O=C(C1[C@@H]2[C@H]3CC[C@@H](C3)[C@H]12)N1CCC(c2n[nH]c(=S)n2C2CC2)CC1. The molecule has 0 radical (unpaired) electrons. The van der Waals surface area contributed by atoms with Crippen molar-refractivity contribution in [2.75, 3.05) is 13.1 Å². The predicted octanol–water partition coefficient (Wildman–Crippen LogP) is 3.27. The van der Waals surface area contributed by atoms with E-state index in [4.69, 9.17) is 12.2 Å². The number of amides is 1. The van der Waals surface area contributed by atoms with E-state index in [9.17, 15) is 4.79 Å². The van der Waals surface area contributed by atoms with Crippen LogP contribution in [0, 0.1) is 34.4 Å². The van der Waals surface area contributed by atoms with E-state index < -0.39 is 0 Å². The minimum Gasteiger partial charge on any atom is -0.342 e. The number of piperidine rings is 1. The van der Waals surface area contributed by atoms with Crippen LogP contribution in [0.25, 0.3) is 0 Å². The molecule has 1 saturated heterocycles. The van der Waals surface area contributed by atoms with Crippen LogP contribution in [0.2, 0.25) is 0 Å². The standard InChI is InChI=1S/C19H26N4OS/c24-18(16-14-11-1-2-12(9-11)15(14)16)22-7-5-10(6-8-22)17-20-21-19(25)23(17)13-3-4-13/h10-16H,1-9H2,(H,21,25)/t11-,12-,14-,15+,16?/m0/s1. The third-order valence-electron chi connectivity index (χ3n) is 7.84. The zero-order valence-corrected chi connectivity index (χ0v) is 15.4. The second-order valence-electron chi connectivity index (χ2n) is 9.10. The van der Waals surface area contributed by atoms with Crippen molar-refractivity contribution in [1.29, 1.82) is 0 Å². The Morgan fingerprint density at radius 3 is 2.36 bits per heavy atom. The second kappa shape index (κ2) is 5.18. The number of carbonyl (C=O) groups excluding carboxylic acids is 1. The largest absolute Gasteiger partial charge is 0.342 e. The highest BCUT2D eigenvalue weighted by Gasteiger charge is 2.68. The molecule has 4 aliphatic carbocycles. The van der Waals surface area contributed by atoms with Gasteiger partial charge in [0.1, 0.15) is 5.82 Å². The first kappa shape index (κ1) is 14.9. The van der Waals surface area contributed by atoms with Gasteiger partial charge in [0.15, 0.2) is 4.77 Å². The van der Waals surface area contributed by atoms with E-state index in [1.54, 1.807) is 0 Å². The predicted molar refractivity (Wildman–Crippen MR) is 95.5 cm³/mol. The number of hydrogen-bond acceptors (Lipinski definition) is 3. The van der Waals surface area contributed by atoms with Crippen molar-refractivity contribution >= 4 is 18.1 Å². The van der Waals surface area contributed by atoms with Crippen LogP contribution < -0.4 is 0 Å². The van der Waals surface area contributed by atoms with Gasteiger partial charge in [0.2, 0.25) is 5.91 Å². The zero-order valence-electron chi connectivity index (χ0n) is 14.6. The molecule has 2 bridgehead atoms. The second-order valence-corrected chi connectivity index (χ2v) is 9.49. The van der Waals surface area contributed by atoms with Crippen LogP contribution in [0.15, 0.2) is 0 Å². The van der Waals surface area contributed by atoms with Gasteiger partial charge in [-0.2, -0.15) is 5.10 Å². The molecule has 1 aromatic heterocycles. The number of fused-ring (bicyclic) bond motifs is 5. The van der Waals surface area contributed by atoms with Gasteiger partial charge in [0.25, 0.3) is 0 Å². The molecule has 6 heteroatoms. The van der Waals surface area contributed by atoms with Crippen LogP contribution >= 0.6 is 12.2 Å². The maximum absolute atomic E-state index is 13.0.